The number of benzene rings is 2. The van der Waals surface area contributed by atoms with E-state index in [9.17, 15) is 19.5 Å². The van der Waals surface area contributed by atoms with Crippen molar-refractivity contribution in [2.45, 2.75) is 13.5 Å². The van der Waals surface area contributed by atoms with Gasteiger partial charge in [-0.25, -0.2) is 4.68 Å². The van der Waals surface area contributed by atoms with Gasteiger partial charge in [0.25, 0.3) is 11.3 Å². The molecule has 0 amide bonds. The Bertz CT molecular complexity index is 1150. The van der Waals surface area contributed by atoms with Crippen LogP contribution in [0.3, 0.4) is 0 Å². The van der Waals surface area contributed by atoms with Crippen molar-refractivity contribution in [2.75, 3.05) is 0 Å². The van der Waals surface area contributed by atoms with Gasteiger partial charge in [0, 0.05) is 6.08 Å². The normalized spacial score (nSPS) is 13.4. The van der Waals surface area contributed by atoms with Crippen LogP contribution < -0.4 is 5.56 Å². The van der Waals surface area contributed by atoms with E-state index < -0.39 is 22.9 Å². The van der Waals surface area contributed by atoms with E-state index in [-0.39, 0.29) is 17.8 Å². The Balaban J connectivity index is 2.02. The summed E-state index contributed by atoms with van der Waals surface area (Å²) in [6.07, 6.45) is 0.804. The fraction of sp³-hybridized carbons (Fsp3) is 0.0952. The van der Waals surface area contributed by atoms with Crippen LogP contribution in [0.4, 0.5) is 0 Å². The van der Waals surface area contributed by atoms with Crippen molar-refractivity contribution in [3.05, 3.63) is 93.4 Å². The molecular formula is C21H16N2O4. The monoisotopic (exact) mass is 360 g/mol. The fourth-order valence-electron chi connectivity index (χ4n) is 3.23. The van der Waals surface area contributed by atoms with E-state index in [0.717, 1.165) is 17.2 Å². The van der Waals surface area contributed by atoms with E-state index in [1.54, 1.807) is 12.1 Å². The zero-order chi connectivity index (χ0) is 19.1. The topological polar surface area (TPSA) is 81.3 Å². The second-order valence-corrected chi connectivity index (χ2v) is 6.44. The lowest BCUT2D eigenvalue weighted by Crippen LogP contribution is -2.24. The van der Waals surface area contributed by atoms with E-state index >= 15 is 0 Å². The van der Waals surface area contributed by atoms with Crippen molar-refractivity contribution >= 4 is 17.3 Å². The highest BCUT2D eigenvalue weighted by atomic mass is 16.3. The quantitative estimate of drug-likeness (QED) is 0.728. The molecule has 0 atom stereocenters. The average molecular weight is 360 g/mol. The van der Waals surface area contributed by atoms with Gasteiger partial charge in [0.2, 0.25) is 5.78 Å². The number of carbonyl (C=O) groups excluding carboxylic acids is 2. The maximum atomic E-state index is 13.1. The van der Waals surface area contributed by atoms with Crippen molar-refractivity contribution in [2.24, 2.45) is 0 Å². The van der Waals surface area contributed by atoms with Gasteiger partial charge in [-0.1, -0.05) is 48.0 Å². The highest BCUT2D eigenvalue weighted by molar-refractivity contribution is 6.49. The molecule has 6 nitrogen and oxygen atoms in total. The summed E-state index contributed by atoms with van der Waals surface area (Å²) >= 11 is 0. The first kappa shape index (κ1) is 16.8. The van der Waals surface area contributed by atoms with Crippen molar-refractivity contribution in [3.63, 3.8) is 0 Å². The fourth-order valence-corrected chi connectivity index (χ4v) is 3.23. The summed E-state index contributed by atoms with van der Waals surface area (Å²) in [4.78, 5) is 37.6. The van der Waals surface area contributed by atoms with E-state index in [2.05, 4.69) is 0 Å². The third kappa shape index (κ3) is 2.71. The molecule has 1 aromatic heterocycles. The van der Waals surface area contributed by atoms with Gasteiger partial charge in [0.05, 0.1) is 12.2 Å². The maximum absolute atomic E-state index is 13.1. The lowest BCUT2D eigenvalue weighted by atomic mass is 10.0. The Morgan fingerprint density at radius 2 is 1.59 bits per heavy atom. The molecule has 3 aromatic rings. The van der Waals surface area contributed by atoms with E-state index in [0.29, 0.717) is 5.69 Å². The number of nitrogens with zero attached hydrogens (tertiary/aromatic N) is 2. The van der Waals surface area contributed by atoms with Crippen molar-refractivity contribution in [3.8, 4) is 5.69 Å². The Morgan fingerprint density at radius 3 is 2.26 bits per heavy atom. The van der Waals surface area contributed by atoms with Crippen molar-refractivity contribution < 1.29 is 14.7 Å². The second kappa shape index (κ2) is 6.25. The number of hydrogen-bond donors (Lipinski definition) is 1. The number of carbonyl (C=O) groups is 2. The highest BCUT2D eigenvalue weighted by Crippen LogP contribution is 2.24. The van der Waals surface area contributed by atoms with Crippen LogP contribution >= 0.6 is 0 Å². The minimum absolute atomic E-state index is 0.0885. The second-order valence-electron chi connectivity index (χ2n) is 6.44. The standard InChI is InChI=1S/C21H16N2O4/c1-13-7-9-15(10-8-13)23-21(27)18-16(24)11-17(25)20(26)19(18)22(23)12-14-5-3-2-4-6-14/h2-11,24H,12H2,1H3. The van der Waals surface area contributed by atoms with Gasteiger partial charge in [-0.3, -0.25) is 19.1 Å². The SMILES string of the molecule is Cc1ccc(-n2c(=O)c3c(n2Cc2ccccc2)C(=O)C(=O)C=C3O)cc1. The van der Waals surface area contributed by atoms with E-state index in [4.69, 9.17) is 0 Å². The van der Waals surface area contributed by atoms with Gasteiger partial charge in [-0.15, -0.1) is 0 Å². The van der Waals surface area contributed by atoms with E-state index in [1.807, 2.05) is 49.4 Å². The lowest BCUT2D eigenvalue weighted by molar-refractivity contribution is -0.111. The summed E-state index contributed by atoms with van der Waals surface area (Å²) < 4.78 is 2.79. The van der Waals surface area contributed by atoms with Gasteiger partial charge < -0.3 is 5.11 Å². The van der Waals surface area contributed by atoms with Crippen LogP contribution in [-0.4, -0.2) is 26.0 Å². The van der Waals surface area contributed by atoms with Crippen LogP contribution in [0.15, 0.2) is 65.5 Å². The van der Waals surface area contributed by atoms with Crippen LogP contribution in [0.2, 0.25) is 0 Å². The number of aryl methyl sites for hydroxylation is 1. The molecule has 0 spiro atoms. The molecule has 0 bridgehead atoms. The molecule has 0 fully saturated rings. The van der Waals surface area contributed by atoms with Crippen LogP contribution in [0.25, 0.3) is 11.4 Å². The van der Waals surface area contributed by atoms with Gasteiger partial charge in [0.1, 0.15) is 17.0 Å². The molecule has 4 rings (SSSR count). The maximum Gasteiger partial charge on any atom is 0.283 e. The molecule has 134 valence electrons. The smallest absolute Gasteiger partial charge is 0.283 e. The molecule has 1 aliphatic carbocycles. The minimum Gasteiger partial charge on any atom is -0.507 e. The Hall–Kier alpha value is -3.67. The predicted octanol–water partition coefficient (Wildman–Crippen LogP) is 2.66. The number of Topliss-reactive ketones (excluding diaryl/α,β-unsaturated/α-hetero) is 1. The molecule has 2 aromatic carbocycles. The third-order valence-corrected chi connectivity index (χ3v) is 4.56. The summed E-state index contributed by atoms with van der Waals surface area (Å²) in [5.74, 6) is -2.13. The molecule has 0 saturated heterocycles. The molecule has 0 unspecified atom stereocenters. The van der Waals surface area contributed by atoms with Crippen LogP contribution in [0, 0.1) is 6.92 Å². The molecule has 0 saturated carbocycles. The zero-order valence-corrected chi connectivity index (χ0v) is 14.5. The van der Waals surface area contributed by atoms with Crippen LogP contribution in [0.5, 0.6) is 0 Å². The van der Waals surface area contributed by atoms with Gasteiger partial charge >= 0.3 is 0 Å². The number of fused-ring (bicyclic) bond motifs is 1. The average Bonchev–Trinajstić information content (AvgIpc) is 2.94. The number of rotatable bonds is 3. The molecule has 0 radical (unpaired) electrons. The molecule has 0 aliphatic heterocycles. The number of hydrogen-bond acceptors (Lipinski definition) is 4. The Morgan fingerprint density at radius 1 is 0.926 bits per heavy atom. The molecule has 1 heterocycles. The molecule has 27 heavy (non-hydrogen) atoms. The van der Waals surface area contributed by atoms with Gasteiger partial charge in [-0.05, 0) is 24.6 Å². The summed E-state index contributed by atoms with van der Waals surface area (Å²) in [6, 6.07) is 16.5. The van der Waals surface area contributed by atoms with Gasteiger partial charge in [-0.2, -0.15) is 0 Å². The first-order chi connectivity index (χ1) is 13.0. The Kier molecular flexibility index (Phi) is 3.88. The first-order valence-electron chi connectivity index (χ1n) is 8.44. The predicted molar refractivity (Wildman–Crippen MR) is 100 cm³/mol. The molecular weight excluding hydrogens is 344 g/mol. The molecule has 1 aliphatic rings. The van der Waals surface area contributed by atoms with Crippen LogP contribution in [-0.2, 0) is 11.3 Å². The number of allylic oxidation sites excluding steroid dienone is 1. The summed E-state index contributed by atoms with van der Waals surface area (Å²) in [6.45, 7) is 2.13. The highest BCUT2D eigenvalue weighted by Gasteiger charge is 2.35. The lowest BCUT2D eigenvalue weighted by Gasteiger charge is -2.15. The number of aliphatic hydroxyl groups excluding tert-OH is 1. The number of aliphatic hydroxyl groups is 1. The van der Waals surface area contributed by atoms with E-state index in [1.165, 1.54) is 9.36 Å². The molecule has 6 heteroatoms. The van der Waals surface area contributed by atoms with Crippen molar-refractivity contribution in [1.29, 1.82) is 0 Å². The number of aromatic nitrogens is 2. The largest absolute Gasteiger partial charge is 0.507 e. The minimum atomic E-state index is -0.845. The van der Waals surface area contributed by atoms with Gasteiger partial charge in [0.15, 0.2) is 0 Å². The summed E-state index contributed by atoms with van der Waals surface area (Å²) in [7, 11) is 0. The zero-order valence-electron chi connectivity index (χ0n) is 14.5. The summed E-state index contributed by atoms with van der Waals surface area (Å²) in [5.41, 5.74) is 1.64. The third-order valence-electron chi connectivity index (χ3n) is 4.56. The van der Waals surface area contributed by atoms with Crippen LogP contribution in [0.1, 0.15) is 27.2 Å². The molecule has 1 N–H and O–H groups in total. The Labute approximate surface area is 154 Å². The van der Waals surface area contributed by atoms with Crippen molar-refractivity contribution in [1.82, 2.24) is 9.36 Å². The number of ketones is 2. The first-order valence-corrected chi connectivity index (χ1v) is 8.44. The summed E-state index contributed by atoms with van der Waals surface area (Å²) in [5, 5.41) is 10.2.